The Morgan fingerprint density at radius 3 is 2.06 bits per heavy atom. The molecule has 0 aromatic heterocycles. The van der Waals surface area contributed by atoms with Gasteiger partial charge in [-0.1, -0.05) is 22.0 Å². The second-order valence-electron chi connectivity index (χ2n) is 4.24. The summed E-state index contributed by atoms with van der Waals surface area (Å²) < 4.78 is 27.2. The Kier molecular flexibility index (Phi) is 3.78. The van der Waals surface area contributed by atoms with E-state index in [1.165, 1.54) is 24.3 Å². The fourth-order valence-corrected chi connectivity index (χ4v) is 2.37. The summed E-state index contributed by atoms with van der Waals surface area (Å²) in [6.07, 6.45) is 0. The molecule has 0 aliphatic heterocycles. The van der Waals surface area contributed by atoms with Gasteiger partial charge in [-0.3, -0.25) is 0 Å². The Hall–Kier alpha value is -1.26. The molecule has 0 heterocycles. The predicted octanol–water partition coefficient (Wildman–Crippen LogP) is 4.08. The van der Waals surface area contributed by atoms with E-state index < -0.39 is 6.04 Å². The molecule has 4 heteroatoms. The van der Waals surface area contributed by atoms with Gasteiger partial charge in [-0.2, -0.15) is 0 Å². The summed E-state index contributed by atoms with van der Waals surface area (Å²) in [7, 11) is 0. The van der Waals surface area contributed by atoms with E-state index in [2.05, 4.69) is 15.9 Å². The summed E-state index contributed by atoms with van der Waals surface area (Å²) >= 11 is 3.21. The van der Waals surface area contributed by atoms with E-state index in [9.17, 15) is 8.78 Å². The number of nitrogens with two attached hydrogens (primary N) is 1. The third-order valence-electron chi connectivity index (χ3n) is 2.67. The molecule has 0 radical (unpaired) electrons. The first-order valence-electron chi connectivity index (χ1n) is 5.44. The molecule has 2 aromatic carbocycles. The SMILES string of the molecule is Cc1cc(F)cc(C(N)c2cc(F)cc(Br)c2)c1. The first-order valence-corrected chi connectivity index (χ1v) is 6.23. The molecule has 0 bridgehead atoms. The Bertz CT molecular complexity index is 492. The van der Waals surface area contributed by atoms with Crippen LogP contribution in [0.5, 0.6) is 0 Å². The van der Waals surface area contributed by atoms with E-state index in [0.29, 0.717) is 15.6 Å². The van der Waals surface area contributed by atoms with Crippen molar-refractivity contribution in [3.05, 3.63) is 69.2 Å². The smallest absolute Gasteiger partial charge is 0.124 e. The largest absolute Gasteiger partial charge is 0.320 e. The molecule has 0 saturated carbocycles. The maximum absolute atomic E-state index is 13.3. The van der Waals surface area contributed by atoms with Gasteiger partial charge in [-0.05, 0) is 53.9 Å². The van der Waals surface area contributed by atoms with Crippen LogP contribution in [0.25, 0.3) is 0 Å². The number of aryl methyl sites for hydroxylation is 1. The molecule has 0 saturated heterocycles. The van der Waals surface area contributed by atoms with Crippen LogP contribution in [0.2, 0.25) is 0 Å². The van der Waals surface area contributed by atoms with Crippen molar-refractivity contribution in [2.24, 2.45) is 5.73 Å². The minimum atomic E-state index is -0.550. The van der Waals surface area contributed by atoms with E-state index in [1.54, 1.807) is 19.1 Å². The van der Waals surface area contributed by atoms with Crippen molar-refractivity contribution in [1.29, 1.82) is 0 Å². The predicted molar refractivity (Wildman–Crippen MR) is 71.3 cm³/mol. The molecule has 2 rings (SSSR count). The average Bonchev–Trinajstić information content (AvgIpc) is 2.25. The van der Waals surface area contributed by atoms with Gasteiger partial charge in [0.2, 0.25) is 0 Å². The quantitative estimate of drug-likeness (QED) is 0.888. The average molecular weight is 312 g/mol. The van der Waals surface area contributed by atoms with Crippen molar-refractivity contribution in [3.63, 3.8) is 0 Å². The Morgan fingerprint density at radius 2 is 1.50 bits per heavy atom. The summed E-state index contributed by atoms with van der Waals surface area (Å²) in [6.45, 7) is 1.79. The maximum Gasteiger partial charge on any atom is 0.124 e. The molecule has 1 nitrogen and oxygen atoms in total. The molecule has 2 N–H and O–H groups in total. The summed E-state index contributed by atoms with van der Waals surface area (Å²) in [5.74, 6) is -0.709. The highest BCUT2D eigenvalue weighted by atomic mass is 79.9. The number of hydrogen-bond donors (Lipinski definition) is 1. The zero-order valence-corrected chi connectivity index (χ0v) is 11.3. The fraction of sp³-hybridized carbons (Fsp3) is 0.143. The third kappa shape index (κ3) is 2.94. The Morgan fingerprint density at radius 1 is 0.944 bits per heavy atom. The molecule has 0 fully saturated rings. The van der Waals surface area contributed by atoms with Crippen molar-refractivity contribution < 1.29 is 8.78 Å². The molecule has 0 spiro atoms. The molecule has 0 amide bonds. The van der Waals surface area contributed by atoms with Crippen LogP contribution in [-0.4, -0.2) is 0 Å². The first-order chi connectivity index (χ1) is 8.45. The molecule has 94 valence electrons. The van der Waals surface area contributed by atoms with Gasteiger partial charge < -0.3 is 5.73 Å². The monoisotopic (exact) mass is 311 g/mol. The molecule has 0 aliphatic rings. The summed E-state index contributed by atoms with van der Waals surface area (Å²) in [5.41, 5.74) is 8.06. The van der Waals surface area contributed by atoms with Crippen LogP contribution in [0.4, 0.5) is 8.78 Å². The molecule has 1 unspecified atom stereocenters. The van der Waals surface area contributed by atoms with Gasteiger partial charge in [0.1, 0.15) is 11.6 Å². The second kappa shape index (κ2) is 5.16. The highest BCUT2D eigenvalue weighted by Crippen LogP contribution is 2.25. The first kappa shape index (κ1) is 13.2. The van der Waals surface area contributed by atoms with Crippen molar-refractivity contribution in [3.8, 4) is 0 Å². The summed E-state index contributed by atoms with van der Waals surface area (Å²) in [6, 6.07) is 8.49. The van der Waals surface area contributed by atoms with Crippen molar-refractivity contribution in [2.45, 2.75) is 13.0 Å². The lowest BCUT2D eigenvalue weighted by atomic mass is 9.98. The number of halogens is 3. The van der Waals surface area contributed by atoms with Gasteiger partial charge in [0.15, 0.2) is 0 Å². The zero-order chi connectivity index (χ0) is 13.3. The zero-order valence-electron chi connectivity index (χ0n) is 9.75. The summed E-state index contributed by atoms with van der Waals surface area (Å²) in [4.78, 5) is 0. The standard InChI is InChI=1S/C14H12BrF2N/c1-8-2-9(5-12(16)3-8)14(18)10-4-11(15)7-13(17)6-10/h2-7,14H,18H2,1H3. The van der Waals surface area contributed by atoms with E-state index in [1.807, 2.05) is 0 Å². The van der Waals surface area contributed by atoms with Crippen molar-refractivity contribution in [1.82, 2.24) is 0 Å². The van der Waals surface area contributed by atoms with E-state index in [0.717, 1.165) is 5.56 Å². The van der Waals surface area contributed by atoms with E-state index in [-0.39, 0.29) is 11.6 Å². The molecular weight excluding hydrogens is 300 g/mol. The van der Waals surface area contributed by atoms with E-state index in [4.69, 9.17) is 5.73 Å². The minimum absolute atomic E-state index is 0.337. The molecule has 0 aliphatic carbocycles. The van der Waals surface area contributed by atoms with Crippen LogP contribution < -0.4 is 5.73 Å². The van der Waals surface area contributed by atoms with Gasteiger partial charge in [0.05, 0.1) is 6.04 Å². The molecular formula is C14H12BrF2N. The lowest BCUT2D eigenvalue weighted by molar-refractivity contribution is 0.618. The van der Waals surface area contributed by atoms with Gasteiger partial charge in [0, 0.05) is 4.47 Å². The number of hydrogen-bond acceptors (Lipinski definition) is 1. The molecule has 18 heavy (non-hydrogen) atoms. The molecule has 2 aromatic rings. The fourth-order valence-electron chi connectivity index (χ4n) is 1.89. The minimum Gasteiger partial charge on any atom is -0.320 e. The van der Waals surface area contributed by atoms with Gasteiger partial charge >= 0.3 is 0 Å². The normalized spacial score (nSPS) is 12.5. The Labute approximate surface area is 113 Å². The van der Waals surface area contributed by atoms with Gasteiger partial charge in [-0.25, -0.2) is 8.78 Å². The van der Waals surface area contributed by atoms with Crippen LogP contribution >= 0.6 is 15.9 Å². The van der Waals surface area contributed by atoms with E-state index >= 15 is 0 Å². The van der Waals surface area contributed by atoms with Crippen LogP contribution in [0.15, 0.2) is 40.9 Å². The van der Waals surface area contributed by atoms with Crippen molar-refractivity contribution in [2.75, 3.05) is 0 Å². The lowest BCUT2D eigenvalue weighted by Gasteiger charge is -2.14. The number of benzene rings is 2. The Balaban J connectivity index is 2.43. The number of rotatable bonds is 2. The highest BCUT2D eigenvalue weighted by Gasteiger charge is 2.12. The van der Waals surface area contributed by atoms with Crippen LogP contribution in [-0.2, 0) is 0 Å². The van der Waals surface area contributed by atoms with Crippen LogP contribution in [0, 0.1) is 18.6 Å². The van der Waals surface area contributed by atoms with Gasteiger partial charge in [0.25, 0.3) is 0 Å². The highest BCUT2D eigenvalue weighted by molar-refractivity contribution is 9.10. The van der Waals surface area contributed by atoms with Crippen LogP contribution in [0.1, 0.15) is 22.7 Å². The van der Waals surface area contributed by atoms with Crippen LogP contribution in [0.3, 0.4) is 0 Å². The second-order valence-corrected chi connectivity index (χ2v) is 5.16. The third-order valence-corrected chi connectivity index (χ3v) is 3.13. The lowest BCUT2D eigenvalue weighted by Crippen LogP contribution is -2.12. The van der Waals surface area contributed by atoms with Gasteiger partial charge in [-0.15, -0.1) is 0 Å². The topological polar surface area (TPSA) is 26.0 Å². The maximum atomic E-state index is 13.3. The van der Waals surface area contributed by atoms with Crippen molar-refractivity contribution >= 4 is 15.9 Å². The molecule has 1 atom stereocenters. The summed E-state index contributed by atoms with van der Waals surface area (Å²) in [5, 5.41) is 0.